The number of para-hydroxylation sites is 1. The first-order valence-corrected chi connectivity index (χ1v) is 7.83. The summed E-state index contributed by atoms with van der Waals surface area (Å²) in [5.41, 5.74) is 0.500. The van der Waals surface area contributed by atoms with Crippen molar-refractivity contribution in [1.29, 1.82) is 0 Å². The molecule has 1 aromatic carbocycles. The topological polar surface area (TPSA) is 113 Å². The van der Waals surface area contributed by atoms with Crippen LogP contribution in [0.25, 0.3) is 0 Å². The molecule has 0 amide bonds. The Morgan fingerprint density at radius 2 is 2.10 bits per heavy atom. The summed E-state index contributed by atoms with van der Waals surface area (Å²) >= 11 is 0. The average Bonchev–Trinajstić information content (AvgIpc) is 2.33. The SMILES string of the molecule is CCC(COc1c(C)cccc1[N+](=O)[O-])CS(N)(=O)=O. The Labute approximate surface area is 117 Å². The molecule has 0 saturated carbocycles. The van der Waals surface area contributed by atoms with Crippen LogP contribution in [0.2, 0.25) is 0 Å². The molecule has 0 aliphatic carbocycles. The maximum Gasteiger partial charge on any atom is 0.311 e. The van der Waals surface area contributed by atoms with Crippen molar-refractivity contribution in [2.75, 3.05) is 12.4 Å². The highest BCUT2D eigenvalue weighted by atomic mass is 32.2. The van der Waals surface area contributed by atoms with Gasteiger partial charge in [-0.2, -0.15) is 0 Å². The molecule has 7 nitrogen and oxygen atoms in total. The predicted octanol–water partition coefficient (Wildman–Crippen LogP) is 1.60. The van der Waals surface area contributed by atoms with Gasteiger partial charge in [0.1, 0.15) is 0 Å². The number of nitrogens with zero attached hydrogens (tertiary/aromatic N) is 1. The third-order valence-electron chi connectivity index (χ3n) is 2.90. The van der Waals surface area contributed by atoms with Crippen molar-refractivity contribution >= 4 is 15.7 Å². The Balaban J connectivity index is 2.86. The lowest BCUT2D eigenvalue weighted by Crippen LogP contribution is -2.26. The van der Waals surface area contributed by atoms with Crippen LogP contribution in [-0.2, 0) is 10.0 Å². The van der Waals surface area contributed by atoms with E-state index >= 15 is 0 Å². The molecule has 112 valence electrons. The Morgan fingerprint density at radius 1 is 1.45 bits per heavy atom. The minimum absolute atomic E-state index is 0.0681. The van der Waals surface area contributed by atoms with Crippen molar-refractivity contribution in [1.82, 2.24) is 0 Å². The summed E-state index contributed by atoms with van der Waals surface area (Å²) in [7, 11) is -3.59. The minimum atomic E-state index is -3.59. The number of nitro groups is 1. The molecular weight excluding hydrogens is 284 g/mol. The van der Waals surface area contributed by atoms with E-state index in [1.807, 2.05) is 6.92 Å². The average molecular weight is 302 g/mol. The van der Waals surface area contributed by atoms with E-state index in [4.69, 9.17) is 9.88 Å². The fourth-order valence-corrected chi connectivity index (χ4v) is 2.77. The zero-order valence-corrected chi connectivity index (χ0v) is 12.2. The highest BCUT2D eigenvalue weighted by Gasteiger charge is 2.20. The molecule has 8 heteroatoms. The highest BCUT2D eigenvalue weighted by molar-refractivity contribution is 7.89. The van der Waals surface area contributed by atoms with E-state index in [1.54, 1.807) is 19.1 Å². The summed E-state index contributed by atoms with van der Waals surface area (Å²) in [4.78, 5) is 10.4. The summed E-state index contributed by atoms with van der Waals surface area (Å²) in [6.45, 7) is 3.58. The Morgan fingerprint density at radius 3 is 2.60 bits per heavy atom. The first kappa shape index (κ1) is 16.4. The molecule has 0 saturated heterocycles. The molecular formula is C12H18N2O5S. The largest absolute Gasteiger partial charge is 0.486 e. The highest BCUT2D eigenvalue weighted by Crippen LogP contribution is 2.30. The molecule has 1 unspecified atom stereocenters. The van der Waals surface area contributed by atoms with Gasteiger partial charge in [0.25, 0.3) is 0 Å². The Hall–Kier alpha value is -1.67. The third kappa shape index (κ3) is 4.78. The second-order valence-electron chi connectivity index (χ2n) is 4.60. The number of nitro benzene ring substituents is 1. The number of rotatable bonds is 7. The van der Waals surface area contributed by atoms with Crippen molar-refractivity contribution in [2.45, 2.75) is 20.3 Å². The van der Waals surface area contributed by atoms with Crippen LogP contribution in [0, 0.1) is 23.0 Å². The lowest BCUT2D eigenvalue weighted by atomic mass is 10.1. The van der Waals surface area contributed by atoms with E-state index in [0.29, 0.717) is 12.0 Å². The monoisotopic (exact) mass is 302 g/mol. The van der Waals surface area contributed by atoms with Gasteiger partial charge in [-0.15, -0.1) is 0 Å². The molecule has 1 rings (SSSR count). The summed E-state index contributed by atoms with van der Waals surface area (Å²) in [6, 6.07) is 4.62. The summed E-state index contributed by atoms with van der Waals surface area (Å²) in [6.07, 6.45) is 0.552. The number of benzene rings is 1. The molecule has 0 aliphatic heterocycles. The summed E-state index contributed by atoms with van der Waals surface area (Å²) in [5.74, 6) is -0.335. The molecule has 20 heavy (non-hydrogen) atoms. The number of hydrogen-bond acceptors (Lipinski definition) is 5. The standard InChI is InChI=1S/C12H18N2O5S/c1-3-10(8-20(13,17)18)7-19-12-9(2)5-4-6-11(12)14(15)16/h4-6,10H,3,7-8H2,1-2H3,(H2,13,17,18). The molecule has 2 N–H and O–H groups in total. The van der Waals surface area contributed by atoms with Gasteiger partial charge in [-0.25, -0.2) is 13.6 Å². The number of aryl methyl sites for hydroxylation is 1. The zero-order valence-electron chi connectivity index (χ0n) is 11.4. The number of sulfonamides is 1. The van der Waals surface area contributed by atoms with Gasteiger partial charge in [-0.3, -0.25) is 10.1 Å². The van der Waals surface area contributed by atoms with Gasteiger partial charge >= 0.3 is 5.69 Å². The van der Waals surface area contributed by atoms with Crippen LogP contribution in [-0.4, -0.2) is 25.7 Å². The molecule has 0 aliphatic rings. The van der Waals surface area contributed by atoms with Crippen LogP contribution in [0.3, 0.4) is 0 Å². The number of primary sulfonamides is 1. The lowest BCUT2D eigenvalue weighted by molar-refractivity contribution is -0.386. The smallest absolute Gasteiger partial charge is 0.311 e. The van der Waals surface area contributed by atoms with Crippen LogP contribution in [0.1, 0.15) is 18.9 Å². The molecule has 0 aromatic heterocycles. The van der Waals surface area contributed by atoms with E-state index in [2.05, 4.69) is 0 Å². The molecule has 0 heterocycles. The second kappa shape index (κ2) is 6.67. The predicted molar refractivity (Wildman–Crippen MR) is 75.1 cm³/mol. The van der Waals surface area contributed by atoms with E-state index < -0.39 is 14.9 Å². The van der Waals surface area contributed by atoms with Crippen LogP contribution >= 0.6 is 0 Å². The maximum absolute atomic E-state index is 11.1. The first-order valence-electron chi connectivity index (χ1n) is 6.12. The summed E-state index contributed by atoms with van der Waals surface area (Å²) in [5, 5.41) is 15.9. The quantitative estimate of drug-likeness (QED) is 0.607. The number of nitrogens with two attached hydrogens (primary N) is 1. The molecule has 0 bridgehead atoms. The Bertz CT molecular complexity index is 586. The molecule has 0 fully saturated rings. The van der Waals surface area contributed by atoms with E-state index in [1.165, 1.54) is 6.07 Å². The Kier molecular flexibility index (Phi) is 5.46. The van der Waals surface area contributed by atoms with E-state index in [-0.39, 0.29) is 29.7 Å². The lowest BCUT2D eigenvalue weighted by Gasteiger charge is -2.15. The van der Waals surface area contributed by atoms with Crippen LogP contribution < -0.4 is 9.88 Å². The van der Waals surface area contributed by atoms with Gasteiger partial charge in [0, 0.05) is 12.0 Å². The van der Waals surface area contributed by atoms with Gasteiger partial charge in [-0.05, 0) is 18.9 Å². The maximum atomic E-state index is 11.1. The number of hydrogen-bond donors (Lipinski definition) is 1. The van der Waals surface area contributed by atoms with E-state index in [0.717, 1.165) is 0 Å². The zero-order chi connectivity index (χ0) is 15.3. The van der Waals surface area contributed by atoms with Gasteiger partial charge < -0.3 is 4.74 Å². The van der Waals surface area contributed by atoms with Crippen molar-refractivity contribution in [3.63, 3.8) is 0 Å². The fourth-order valence-electron chi connectivity index (χ4n) is 1.78. The normalized spacial score (nSPS) is 12.9. The minimum Gasteiger partial charge on any atom is -0.486 e. The number of ether oxygens (including phenoxy) is 1. The molecule has 0 spiro atoms. The van der Waals surface area contributed by atoms with Gasteiger partial charge in [0.05, 0.1) is 17.3 Å². The van der Waals surface area contributed by atoms with E-state index in [9.17, 15) is 18.5 Å². The van der Waals surface area contributed by atoms with Crippen LogP contribution in [0.15, 0.2) is 18.2 Å². The van der Waals surface area contributed by atoms with Crippen molar-refractivity contribution < 1.29 is 18.1 Å². The second-order valence-corrected chi connectivity index (χ2v) is 6.25. The summed E-state index contributed by atoms with van der Waals surface area (Å²) < 4.78 is 27.6. The van der Waals surface area contributed by atoms with Gasteiger partial charge in [0.2, 0.25) is 10.0 Å². The molecule has 1 aromatic rings. The van der Waals surface area contributed by atoms with Crippen LogP contribution in [0.4, 0.5) is 5.69 Å². The first-order chi connectivity index (χ1) is 9.24. The van der Waals surface area contributed by atoms with Gasteiger partial charge in [0.15, 0.2) is 5.75 Å². The molecule has 1 atom stereocenters. The van der Waals surface area contributed by atoms with Gasteiger partial charge in [-0.1, -0.05) is 19.1 Å². The van der Waals surface area contributed by atoms with Crippen molar-refractivity contribution in [3.05, 3.63) is 33.9 Å². The third-order valence-corrected chi connectivity index (χ3v) is 3.83. The van der Waals surface area contributed by atoms with Crippen molar-refractivity contribution in [3.8, 4) is 5.75 Å². The van der Waals surface area contributed by atoms with Crippen LogP contribution in [0.5, 0.6) is 5.75 Å². The van der Waals surface area contributed by atoms with Crippen molar-refractivity contribution in [2.24, 2.45) is 11.1 Å². The fraction of sp³-hybridized carbons (Fsp3) is 0.500. The molecule has 0 radical (unpaired) electrons.